The minimum absolute atomic E-state index is 1.77. The largest absolute Gasteiger partial charge is 0.405 e. The second kappa shape index (κ2) is 17.2. The van der Waals surface area contributed by atoms with Crippen LogP contribution >= 0.6 is 0 Å². The van der Waals surface area contributed by atoms with Gasteiger partial charge in [-0.15, -0.1) is 0 Å². The quantitative estimate of drug-likeness (QED) is 0.0925. The Morgan fingerprint density at radius 1 is 0.219 bits per heavy atom. The lowest BCUT2D eigenvalue weighted by molar-refractivity contribution is -0.375. The summed E-state index contributed by atoms with van der Waals surface area (Å²) in [5, 5.41) is 0. The highest BCUT2D eigenvalue weighted by Gasteiger charge is 2.72. The molecular formula is C40F31NO. The van der Waals surface area contributed by atoms with Crippen molar-refractivity contribution in [1.82, 2.24) is 0 Å². The molecule has 0 saturated heterocycles. The van der Waals surface area contributed by atoms with Crippen molar-refractivity contribution >= 4 is 5.71 Å². The molecule has 0 fully saturated rings. The Morgan fingerprint density at radius 3 is 0.603 bits per heavy atom. The molecule has 0 aliphatic carbocycles. The summed E-state index contributed by atoms with van der Waals surface area (Å²) in [6.07, 6.45) is -14.4. The topological polar surface area (TPSA) is 21.6 Å². The highest BCUT2D eigenvalue weighted by atomic mass is 19.3. The molecule has 0 aromatic heterocycles. The molecule has 73 heavy (non-hydrogen) atoms. The zero-order chi connectivity index (χ0) is 55.3. The van der Waals surface area contributed by atoms with Crippen LogP contribution in [0.4, 0.5) is 136 Å². The van der Waals surface area contributed by atoms with Gasteiger partial charge in [-0.05, 0) is 0 Å². The Bertz CT molecular complexity index is 3220. The van der Waals surface area contributed by atoms with Gasteiger partial charge in [0.1, 0.15) is 5.71 Å². The van der Waals surface area contributed by atoms with E-state index in [2.05, 4.69) is 4.74 Å². The van der Waals surface area contributed by atoms with Crippen LogP contribution in [0.25, 0.3) is 33.4 Å². The van der Waals surface area contributed by atoms with Gasteiger partial charge in [0.25, 0.3) is 0 Å². The number of hydrogen-bond donors (Lipinski definition) is 0. The fourth-order valence-electron chi connectivity index (χ4n) is 7.18. The van der Waals surface area contributed by atoms with Crippen molar-refractivity contribution in [2.75, 3.05) is 0 Å². The van der Waals surface area contributed by atoms with E-state index in [9.17, 15) is 65.9 Å². The summed E-state index contributed by atoms with van der Waals surface area (Å²) in [6, 6.07) is 0. The Hall–Kier alpha value is -7.22. The van der Waals surface area contributed by atoms with Crippen molar-refractivity contribution in [3.63, 3.8) is 0 Å². The fourth-order valence-corrected chi connectivity index (χ4v) is 7.18. The summed E-state index contributed by atoms with van der Waals surface area (Å²) < 4.78 is 474. The molecule has 0 N–H and O–H groups in total. The van der Waals surface area contributed by atoms with E-state index >= 15 is 70.2 Å². The van der Waals surface area contributed by atoms with Gasteiger partial charge in [0.15, 0.2) is 140 Å². The Kier molecular flexibility index (Phi) is 12.6. The third kappa shape index (κ3) is 7.01. The summed E-state index contributed by atoms with van der Waals surface area (Å²) in [5.41, 5.74) is -42.6. The van der Waals surface area contributed by atoms with Crippen molar-refractivity contribution in [3.05, 3.63) is 174 Å². The van der Waals surface area contributed by atoms with E-state index < -0.39 is 231 Å². The lowest BCUT2D eigenvalue weighted by Crippen LogP contribution is -2.59. The molecule has 33 heteroatoms. The number of halogens is 31. The van der Waals surface area contributed by atoms with Gasteiger partial charge in [0.05, 0.1) is 50.1 Å². The fraction of sp³-hybridized carbons (Fsp3) is 0.0750. The minimum Gasteiger partial charge on any atom is -0.254 e. The zero-order valence-corrected chi connectivity index (χ0v) is 32.6. The Balaban J connectivity index is 1.74. The van der Waals surface area contributed by atoms with Gasteiger partial charge in [-0.1, -0.05) is 0 Å². The third-order valence-corrected chi connectivity index (χ3v) is 10.4. The average Bonchev–Trinajstić information content (AvgIpc) is 3.32. The summed E-state index contributed by atoms with van der Waals surface area (Å²) in [6.45, 7) is 0. The average molecular weight is 1100 g/mol. The van der Waals surface area contributed by atoms with Crippen LogP contribution in [0.1, 0.15) is 16.7 Å². The maximum Gasteiger partial charge on any atom is 0.405 e. The molecule has 2 nitrogen and oxygen atoms in total. The van der Waals surface area contributed by atoms with E-state index in [1.54, 1.807) is 4.99 Å². The van der Waals surface area contributed by atoms with E-state index in [1.165, 1.54) is 0 Å². The minimum atomic E-state index is -7.47. The number of hydrogen-bond acceptors (Lipinski definition) is 2. The van der Waals surface area contributed by atoms with Crippen LogP contribution in [0.15, 0.2) is 4.99 Å². The van der Waals surface area contributed by atoms with Crippen molar-refractivity contribution in [3.8, 4) is 33.4 Å². The van der Waals surface area contributed by atoms with Crippen LogP contribution in [0.3, 0.4) is 0 Å². The van der Waals surface area contributed by atoms with Gasteiger partial charge in [0.2, 0.25) is 23.0 Å². The predicted octanol–water partition coefficient (Wildman–Crippen LogP) is 14.4. The summed E-state index contributed by atoms with van der Waals surface area (Å²) in [4.78, 5) is 1.77. The van der Waals surface area contributed by atoms with Gasteiger partial charge in [-0.25, -0.2) is 123 Å². The van der Waals surface area contributed by atoms with E-state index in [0.29, 0.717) is 0 Å². The molecule has 6 aromatic carbocycles. The normalized spacial score (nSPS) is 15.1. The van der Waals surface area contributed by atoms with Gasteiger partial charge < -0.3 is 0 Å². The van der Waals surface area contributed by atoms with E-state index in [1.807, 2.05) is 0 Å². The second-order valence-electron chi connectivity index (χ2n) is 14.2. The first-order chi connectivity index (χ1) is 33.5. The van der Waals surface area contributed by atoms with Gasteiger partial charge in [-0.2, -0.15) is 17.6 Å². The van der Waals surface area contributed by atoms with Crippen molar-refractivity contribution in [2.45, 2.75) is 17.8 Å². The molecule has 7 rings (SSSR count). The standard InChI is InChI=1S/C40F31NO/c41-10-1(4-16(47)28(59)34(65)29(60)17(4)48)11(42)23(54)7(22(10)53)37-39(68,69)73-40(70,71)38(72-37,8-24(55)12(43)2(13(44)25(8)56)5-18(49)30(61)35(66)31(62)19(5)50)9-26(57)14(45)3(15(46)27(9)58)6-20(51)32(63)36(67)33(64)21(6)52. The molecule has 0 spiro atoms. The number of rotatable bonds is 6. The molecule has 0 saturated carbocycles. The van der Waals surface area contributed by atoms with Crippen molar-refractivity contribution in [2.24, 2.45) is 4.99 Å². The molecule has 0 atom stereocenters. The number of benzene rings is 6. The van der Waals surface area contributed by atoms with Crippen molar-refractivity contribution < 1.29 is 141 Å². The Morgan fingerprint density at radius 2 is 0.384 bits per heavy atom. The van der Waals surface area contributed by atoms with Crippen LogP contribution in [-0.2, 0) is 10.3 Å². The molecular weight excluding hydrogens is 1100 g/mol. The van der Waals surface area contributed by atoms with E-state index in [4.69, 9.17) is 0 Å². The molecule has 0 radical (unpaired) electrons. The molecule has 0 unspecified atom stereocenters. The molecule has 1 aliphatic rings. The third-order valence-electron chi connectivity index (χ3n) is 10.4. The molecule has 1 aliphatic heterocycles. The van der Waals surface area contributed by atoms with Crippen LogP contribution in [-0.4, -0.2) is 17.9 Å². The van der Waals surface area contributed by atoms with Crippen LogP contribution in [0.5, 0.6) is 0 Å². The maximum absolute atomic E-state index is 16.6. The number of alkyl halides is 4. The highest BCUT2D eigenvalue weighted by molar-refractivity contribution is 6.06. The SMILES string of the molecule is Fc1c(F)c(F)c(-c2c(F)c(F)c(C3=NC(c4c(F)c(F)c(-c5c(F)c(F)c(F)c(F)c5F)c(F)c4F)(c4c(F)c(F)c(-c5c(F)c(F)c(F)c(F)c5F)c(F)c4F)C(F)(F)OC3(F)F)c(F)c2F)c(F)c1F. The molecule has 388 valence electrons. The lowest BCUT2D eigenvalue weighted by Gasteiger charge is -2.43. The van der Waals surface area contributed by atoms with Crippen LogP contribution < -0.4 is 0 Å². The number of aliphatic imine (C=N–C) groups is 1. The van der Waals surface area contributed by atoms with Gasteiger partial charge >= 0.3 is 12.2 Å². The predicted molar refractivity (Wildman–Crippen MR) is 173 cm³/mol. The zero-order valence-electron chi connectivity index (χ0n) is 32.6. The maximum atomic E-state index is 16.6. The first-order valence-corrected chi connectivity index (χ1v) is 17.7. The molecule has 0 amide bonds. The highest BCUT2D eigenvalue weighted by Crippen LogP contribution is 2.59. The Labute approximate surface area is 376 Å². The monoisotopic (exact) mass is 1100 g/mol. The second-order valence-corrected chi connectivity index (χ2v) is 14.2. The molecule has 1 heterocycles. The van der Waals surface area contributed by atoms with Gasteiger partial charge in [0, 0.05) is 0 Å². The van der Waals surface area contributed by atoms with E-state index in [-0.39, 0.29) is 0 Å². The van der Waals surface area contributed by atoms with E-state index in [0.717, 1.165) is 0 Å². The summed E-state index contributed by atoms with van der Waals surface area (Å²) in [7, 11) is 0. The lowest BCUT2D eigenvalue weighted by atomic mass is 9.77. The first kappa shape index (κ1) is 53.6. The van der Waals surface area contributed by atoms with Crippen LogP contribution in [0, 0.1) is 157 Å². The number of nitrogens with zero attached hydrogens (tertiary/aromatic N) is 1. The van der Waals surface area contributed by atoms with Crippen molar-refractivity contribution in [1.29, 1.82) is 0 Å². The number of ether oxygens (including phenoxy) is 1. The summed E-state index contributed by atoms with van der Waals surface area (Å²) >= 11 is 0. The first-order valence-electron chi connectivity index (χ1n) is 17.7. The summed E-state index contributed by atoms with van der Waals surface area (Å²) in [5.74, 6) is -98.8. The van der Waals surface area contributed by atoms with Crippen LogP contribution in [0.2, 0.25) is 0 Å². The smallest absolute Gasteiger partial charge is 0.254 e. The molecule has 6 aromatic rings. The van der Waals surface area contributed by atoms with Gasteiger partial charge in [-0.3, -0.25) is 4.99 Å². The molecule has 0 bridgehead atoms.